The average molecular weight is 496 g/mol. The van der Waals surface area contributed by atoms with E-state index in [9.17, 15) is 13.2 Å². The Hall–Kier alpha value is -1.51. The van der Waals surface area contributed by atoms with Crippen LogP contribution in [-0.4, -0.2) is 26.1 Å². The van der Waals surface area contributed by atoms with Crippen LogP contribution in [0.5, 0.6) is 0 Å². The normalized spacial score (nSPS) is 12.8. The SMILES string of the molecule is C=Cc1cc2c(cc1NCc1cccc(C(F)(F)F)c1)[N]2[Pb]. The standard InChI is InChI=1S/C16H12F3N2.Pb/c1-2-11-7-14-15(21-14)8-13(11)20-9-10-4-3-5-12(6-10)16(17,18)19;/h2-8,20H,1,9H2;/q-1;+1. The Kier molecular flexibility index (Phi) is 3.92. The molecule has 0 saturated heterocycles. The van der Waals surface area contributed by atoms with Crippen LogP contribution in [0.2, 0.25) is 0 Å². The van der Waals surface area contributed by atoms with Crippen molar-refractivity contribution in [3.63, 3.8) is 0 Å². The molecule has 1 aliphatic heterocycles. The number of fused-ring (bicyclic) bond motifs is 1. The molecule has 0 bridgehead atoms. The van der Waals surface area contributed by atoms with Crippen LogP contribution in [0.15, 0.2) is 43.0 Å². The van der Waals surface area contributed by atoms with Gasteiger partial charge in [-0.15, -0.1) is 0 Å². The number of hydrogen-bond donors (Lipinski definition) is 1. The fraction of sp³-hybridized carbons (Fsp3) is 0.125. The Morgan fingerprint density at radius 3 is 2.59 bits per heavy atom. The van der Waals surface area contributed by atoms with Gasteiger partial charge in [-0.25, -0.2) is 0 Å². The van der Waals surface area contributed by atoms with E-state index in [-0.39, 0.29) is 0 Å². The van der Waals surface area contributed by atoms with E-state index in [0.29, 0.717) is 12.1 Å². The molecule has 3 rings (SSSR count). The molecule has 0 aliphatic carbocycles. The third-order valence-corrected chi connectivity index (χ3v) is 5.41. The summed E-state index contributed by atoms with van der Waals surface area (Å²) in [6, 6.07) is 9.44. The van der Waals surface area contributed by atoms with Gasteiger partial charge in [0.1, 0.15) is 0 Å². The van der Waals surface area contributed by atoms with Crippen LogP contribution in [0.4, 0.5) is 30.2 Å². The second kappa shape index (κ2) is 5.60. The summed E-state index contributed by atoms with van der Waals surface area (Å²) in [5.74, 6) is 0. The van der Waals surface area contributed by atoms with E-state index < -0.39 is 11.7 Å². The zero-order valence-electron chi connectivity index (χ0n) is 11.5. The summed E-state index contributed by atoms with van der Waals surface area (Å²) in [5, 5.41) is 3.20. The van der Waals surface area contributed by atoms with E-state index >= 15 is 0 Å². The van der Waals surface area contributed by atoms with Crippen molar-refractivity contribution in [1.82, 2.24) is 0 Å². The Labute approximate surface area is 142 Å². The molecule has 1 heterocycles. The van der Waals surface area contributed by atoms with Crippen LogP contribution in [0, 0.1) is 0 Å². The second-order valence-electron chi connectivity index (χ2n) is 5.02. The molecule has 0 saturated carbocycles. The van der Waals surface area contributed by atoms with Gasteiger partial charge in [-0.1, -0.05) is 0 Å². The Bertz CT molecular complexity index is 741. The molecule has 0 aromatic heterocycles. The summed E-state index contributed by atoms with van der Waals surface area (Å²) in [5.41, 5.74) is 4.22. The summed E-state index contributed by atoms with van der Waals surface area (Å²) in [4.78, 5) is 0. The van der Waals surface area contributed by atoms with Crippen molar-refractivity contribution < 1.29 is 13.2 Å². The first-order chi connectivity index (χ1) is 10.4. The van der Waals surface area contributed by atoms with Crippen molar-refractivity contribution in [2.75, 3.05) is 8.03 Å². The van der Waals surface area contributed by atoms with Gasteiger partial charge in [0.2, 0.25) is 0 Å². The number of rotatable bonds is 4. The van der Waals surface area contributed by atoms with Crippen molar-refractivity contribution >= 4 is 49.2 Å². The van der Waals surface area contributed by atoms with Gasteiger partial charge < -0.3 is 0 Å². The van der Waals surface area contributed by atoms with Gasteiger partial charge in [0.25, 0.3) is 0 Å². The molecule has 1 N–H and O–H groups in total. The molecule has 2 aromatic rings. The van der Waals surface area contributed by atoms with Crippen molar-refractivity contribution in [2.45, 2.75) is 12.7 Å². The molecular weight excluding hydrogens is 484 g/mol. The van der Waals surface area contributed by atoms with Crippen molar-refractivity contribution in [1.29, 1.82) is 0 Å². The molecule has 22 heavy (non-hydrogen) atoms. The van der Waals surface area contributed by atoms with Gasteiger partial charge in [-0.2, -0.15) is 0 Å². The van der Waals surface area contributed by atoms with Crippen LogP contribution in [0.25, 0.3) is 6.08 Å². The van der Waals surface area contributed by atoms with Crippen molar-refractivity contribution in [3.8, 4) is 0 Å². The summed E-state index contributed by atoms with van der Waals surface area (Å²) in [6.45, 7) is 4.12. The zero-order chi connectivity index (χ0) is 15.9. The molecule has 0 amide bonds. The van der Waals surface area contributed by atoms with Gasteiger partial charge in [0, 0.05) is 0 Å². The number of benzene rings is 2. The van der Waals surface area contributed by atoms with E-state index in [1.54, 1.807) is 12.1 Å². The van der Waals surface area contributed by atoms with E-state index in [2.05, 4.69) is 14.6 Å². The Morgan fingerprint density at radius 1 is 1.18 bits per heavy atom. The van der Waals surface area contributed by atoms with E-state index in [0.717, 1.165) is 43.4 Å². The number of nitrogens with one attached hydrogen (secondary N) is 1. The predicted octanol–water partition coefficient (Wildman–Crippen LogP) is 4.50. The third-order valence-electron chi connectivity index (χ3n) is 3.54. The number of nitrogens with zero attached hydrogens (tertiary/aromatic N) is 1. The van der Waals surface area contributed by atoms with Crippen LogP contribution < -0.4 is 8.03 Å². The molecule has 0 atom stereocenters. The summed E-state index contributed by atoms with van der Waals surface area (Å²) >= 11 is 0.927. The van der Waals surface area contributed by atoms with E-state index in [1.807, 2.05) is 12.1 Å². The molecule has 3 radical (unpaired) electrons. The molecule has 6 heteroatoms. The van der Waals surface area contributed by atoms with Crippen LogP contribution in [-0.2, 0) is 12.7 Å². The minimum atomic E-state index is -4.31. The van der Waals surface area contributed by atoms with Crippen LogP contribution >= 0.6 is 0 Å². The molecular formula is C16H12F3N2Pb. The maximum atomic E-state index is 12.7. The predicted molar refractivity (Wildman–Crippen MR) is 83.2 cm³/mol. The Morgan fingerprint density at radius 2 is 1.91 bits per heavy atom. The zero-order valence-corrected chi connectivity index (χ0v) is 15.4. The molecule has 0 fully saturated rings. The third kappa shape index (κ3) is 2.99. The fourth-order valence-electron chi connectivity index (χ4n) is 2.29. The molecule has 2 aromatic carbocycles. The molecule has 2 nitrogen and oxygen atoms in total. The first-order valence-corrected chi connectivity index (χ1v) is 8.36. The first-order valence-electron chi connectivity index (χ1n) is 6.62. The molecule has 1 aliphatic rings. The second-order valence-corrected chi connectivity index (χ2v) is 6.76. The van der Waals surface area contributed by atoms with Crippen molar-refractivity contribution in [2.24, 2.45) is 0 Å². The van der Waals surface area contributed by atoms with Gasteiger partial charge >= 0.3 is 143 Å². The van der Waals surface area contributed by atoms with Gasteiger partial charge in [-0.05, 0) is 0 Å². The minimum absolute atomic E-state index is 0.338. The number of halogens is 3. The fourth-order valence-corrected chi connectivity index (χ4v) is 3.49. The summed E-state index contributed by atoms with van der Waals surface area (Å²) < 4.78 is 40.3. The number of hydrogen-bond acceptors (Lipinski definition) is 2. The monoisotopic (exact) mass is 497 g/mol. The first kappa shape index (κ1) is 15.4. The average Bonchev–Trinajstić information content (AvgIpc) is 3.13. The van der Waals surface area contributed by atoms with Gasteiger partial charge in [0.15, 0.2) is 0 Å². The van der Waals surface area contributed by atoms with Gasteiger partial charge in [0.05, 0.1) is 0 Å². The van der Waals surface area contributed by atoms with Gasteiger partial charge in [-0.3, -0.25) is 0 Å². The van der Waals surface area contributed by atoms with Crippen LogP contribution in [0.1, 0.15) is 16.7 Å². The number of alkyl halides is 3. The maximum absolute atomic E-state index is 12.7. The quantitative estimate of drug-likeness (QED) is 0.496. The summed E-state index contributed by atoms with van der Waals surface area (Å²) in [7, 11) is 0. The van der Waals surface area contributed by atoms with E-state index in [1.165, 1.54) is 23.5 Å². The van der Waals surface area contributed by atoms with Crippen molar-refractivity contribution in [3.05, 3.63) is 59.7 Å². The molecule has 111 valence electrons. The van der Waals surface area contributed by atoms with E-state index in [4.69, 9.17) is 0 Å². The summed E-state index contributed by atoms with van der Waals surface area (Å²) in [6.07, 6.45) is -2.56. The molecule has 0 unspecified atom stereocenters. The van der Waals surface area contributed by atoms with Crippen LogP contribution in [0.3, 0.4) is 0 Å². The Balaban J connectivity index is 1.78. The number of anilines is 3. The topological polar surface area (TPSA) is 15.0 Å². The molecule has 0 spiro atoms.